The van der Waals surface area contributed by atoms with Crippen LogP contribution in [0.3, 0.4) is 0 Å². The Labute approximate surface area is 130 Å². The topological polar surface area (TPSA) is 49.8 Å². The summed E-state index contributed by atoms with van der Waals surface area (Å²) < 4.78 is 0. The zero-order valence-electron chi connectivity index (χ0n) is 13.1. The molecule has 114 valence electrons. The van der Waals surface area contributed by atoms with Crippen LogP contribution >= 0.6 is 11.3 Å². The molecule has 5 heteroatoms. The van der Waals surface area contributed by atoms with Gasteiger partial charge in [-0.15, -0.1) is 11.3 Å². The average molecular weight is 304 g/mol. The van der Waals surface area contributed by atoms with Crippen molar-refractivity contribution in [2.24, 2.45) is 5.41 Å². The lowest BCUT2D eigenvalue weighted by Crippen LogP contribution is -2.23. The van der Waals surface area contributed by atoms with E-state index in [2.05, 4.69) is 47.4 Å². The summed E-state index contributed by atoms with van der Waals surface area (Å²) in [4.78, 5) is 11.6. The van der Waals surface area contributed by atoms with E-state index >= 15 is 0 Å². The number of rotatable bonds is 5. The van der Waals surface area contributed by atoms with Gasteiger partial charge >= 0.3 is 0 Å². The van der Waals surface area contributed by atoms with Crippen LogP contribution < -0.4 is 10.6 Å². The van der Waals surface area contributed by atoms with Crippen LogP contribution in [0, 0.1) is 12.3 Å². The van der Waals surface area contributed by atoms with Crippen LogP contribution in [0.25, 0.3) is 10.2 Å². The molecule has 21 heavy (non-hydrogen) atoms. The standard InChI is InChI=1S/C16H24N4S/c1-4-17-15-19-13(12-9-11(2)21-14(12)20-15)18-10-16(3)7-5-6-8-16/h9H,4-8,10H2,1-3H3,(H2,17,18,19,20). The van der Waals surface area contributed by atoms with Crippen LogP contribution in [0.4, 0.5) is 11.8 Å². The second-order valence-electron chi connectivity index (χ2n) is 6.37. The molecule has 2 aromatic heterocycles. The lowest BCUT2D eigenvalue weighted by Gasteiger charge is -2.24. The molecule has 0 spiro atoms. The number of aryl methyl sites for hydroxylation is 1. The van der Waals surface area contributed by atoms with E-state index in [1.807, 2.05) is 0 Å². The van der Waals surface area contributed by atoms with Gasteiger partial charge in [-0.2, -0.15) is 4.98 Å². The SMILES string of the molecule is CCNc1nc(NCC2(C)CCCC2)c2cc(C)sc2n1. The van der Waals surface area contributed by atoms with Crippen LogP contribution in [-0.2, 0) is 0 Å². The van der Waals surface area contributed by atoms with Crippen molar-refractivity contribution in [2.45, 2.75) is 46.5 Å². The van der Waals surface area contributed by atoms with Crippen molar-refractivity contribution < 1.29 is 0 Å². The van der Waals surface area contributed by atoms with E-state index in [1.54, 1.807) is 11.3 Å². The smallest absolute Gasteiger partial charge is 0.226 e. The van der Waals surface area contributed by atoms with Gasteiger partial charge < -0.3 is 10.6 Å². The van der Waals surface area contributed by atoms with E-state index in [1.165, 1.54) is 30.6 Å². The molecule has 1 fully saturated rings. The van der Waals surface area contributed by atoms with Gasteiger partial charge in [0.2, 0.25) is 5.95 Å². The van der Waals surface area contributed by atoms with Crippen LogP contribution in [0.1, 0.15) is 44.4 Å². The molecule has 4 nitrogen and oxygen atoms in total. The van der Waals surface area contributed by atoms with Gasteiger partial charge in [0.1, 0.15) is 10.6 Å². The van der Waals surface area contributed by atoms with Crippen LogP contribution in [0.5, 0.6) is 0 Å². The number of aromatic nitrogens is 2. The zero-order valence-corrected chi connectivity index (χ0v) is 13.9. The Balaban J connectivity index is 1.88. The van der Waals surface area contributed by atoms with E-state index in [4.69, 9.17) is 0 Å². The highest BCUT2D eigenvalue weighted by Crippen LogP contribution is 2.38. The molecule has 2 aromatic rings. The maximum Gasteiger partial charge on any atom is 0.226 e. The molecule has 0 radical (unpaired) electrons. The summed E-state index contributed by atoms with van der Waals surface area (Å²) in [5.41, 5.74) is 0.417. The molecular weight excluding hydrogens is 280 g/mol. The van der Waals surface area contributed by atoms with Gasteiger partial charge in [0.25, 0.3) is 0 Å². The molecule has 0 aromatic carbocycles. The van der Waals surface area contributed by atoms with Gasteiger partial charge in [0.15, 0.2) is 0 Å². The van der Waals surface area contributed by atoms with E-state index in [-0.39, 0.29) is 0 Å². The van der Waals surface area contributed by atoms with E-state index in [0.29, 0.717) is 5.41 Å². The molecule has 3 rings (SSSR count). The number of anilines is 2. The minimum Gasteiger partial charge on any atom is -0.369 e. The lowest BCUT2D eigenvalue weighted by molar-refractivity contribution is 0.362. The van der Waals surface area contributed by atoms with Crippen molar-refractivity contribution in [3.8, 4) is 0 Å². The van der Waals surface area contributed by atoms with E-state index in [9.17, 15) is 0 Å². The molecule has 1 saturated carbocycles. The first-order valence-corrected chi connectivity index (χ1v) is 8.67. The minimum atomic E-state index is 0.417. The van der Waals surface area contributed by atoms with Crippen molar-refractivity contribution in [3.63, 3.8) is 0 Å². The molecule has 0 saturated heterocycles. The first kappa shape index (κ1) is 14.6. The molecule has 2 N–H and O–H groups in total. The monoisotopic (exact) mass is 304 g/mol. The fourth-order valence-corrected chi connectivity index (χ4v) is 4.00. The Bertz CT molecular complexity index is 628. The quantitative estimate of drug-likeness (QED) is 0.858. The largest absolute Gasteiger partial charge is 0.369 e. The normalized spacial score (nSPS) is 17.3. The van der Waals surface area contributed by atoms with Crippen molar-refractivity contribution in [1.82, 2.24) is 9.97 Å². The Morgan fingerprint density at radius 3 is 2.71 bits per heavy atom. The zero-order chi connectivity index (χ0) is 14.9. The number of hydrogen-bond donors (Lipinski definition) is 2. The van der Waals surface area contributed by atoms with Crippen molar-refractivity contribution in [3.05, 3.63) is 10.9 Å². The van der Waals surface area contributed by atoms with E-state index < -0.39 is 0 Å². The second-order valence-corrected chi connectivity index (χ2v) is 7.61. The highest BCUT2D eigenvalue weighted by atomic mass is 32.1. The first-order valence-electron chi connectivity index (χ1n) is 7.85. The van der Waals surface area contributed by atoms with Gasteiger partial charge in [-0.25, -0.2) is 4.98 Å². The highest BCUT2D eigenvalue weighted by molar-refractivity contribution is 7.18. The first-order chi connectivity index (χ1) is 10.1. The predicted molar refractivity (Wildman–Crippen MR) is 91.4 cm³/mol. The summed E-state index contributed by atoms with van der Waals surface area (Å²) in [5, 5.41) is 7.98. The molecule has 1 aliphatic rings. The fraction of sp³-hybridized carbons (Fsp3) is 0.625. The van der Waals surface area contributed by atoms with Crippen LogP contribution in [-0.4, -0.2) is 23.1 Å². The Morgan fingerprint density at radius 1 is 1.24 bits per heavy atom. The number of thiophene rings is 1. The fourth-order valence-electron chi connectivity index (χ4n) is 3.12. The second kappa shape index (κ2) is 5.79. The third kappa shape index (κ3) is 3.12. The van der Waals surface area contributed by atoms with Crippen molar-refractivity contribution >= 4 is 33.3 Å². The van der Waals surface area contributed by atoms with Gasteiger partial charge in [-0.3, -0.25) is 0 Å². The summed E-state index contributed by atoms with van der Waals surface area (Å²) in [6, 6.07) is 2.19. The molecule has 2 heterocycles. The van der Waals surface area contributed by atoms with Crippen LogP contribution in [0.2, 0.25) is 0 Å². The maximum absolute atomic E-state index is 4.67. The summed E-state index contributed by atoms with van der Waals surface area (Å²) in [6.07, 6.45) is 5.35. The molecule has 0 unspecified atom stereocenters. The average Bonchev–Trinajstić information content (AvgIpc) is 3.02. The molecule has 0 aliphatic heterocycles. The van der Waals surface area contributed by atoms with Crippen molar-refractivity contribution in [2.75, 3.05) is 23.7 Å². The van der Waals surface area contributed by atoms with E-state index in [0.717, 1.165) is 35.1 Å². The summed E-state index contributed by atoms with van der Waals surface area (Å²) in [7, 11) is 0. The highest BCUT2D eigenvalue weighted by Gasteiger charge is 2.28. The summed E-state index contributed by atoms with van der Waals surface area (Å²) in [6.45, 7) is 8.42. The number of fused-ring (bicyclic) bond motifs is 1. The molecule has 1 aliphatic carbocycles. The van der Waals surface area contributed by atoms with Gasteiger partial charge in [-0.05, 0) is 38.2 Å². The molecular formula is C16H24N4S. The van der Waals surface area contributed by atoms with Gasteiger partial charge in [0.05, 0.1) is 5.39 Å². The van der Waals surface area contributed by atoms with Gasteiger partial charge in [-0.1, -0.05) is 19.8 Å². The predicted octanol–water partition coefficient (Wildman–Crippen LogP) is 4.42. The third-order valence-corrected chi connectivity index (χ3v) is 5.29. The lowest BCUT2D eigenvalue weighted by atomic mass is 9.89. The molecule has 0 amide bonds. The minimum absolute atomic E-state index is 0.417. The summed E-state index contributed by atoms with van der Waals surface area (Å²) >= 11 is 1.73. The molecule has 0 bridgehead atoms. The number of nitrogens with zero attached hydrogens (tertiary/aromatic N) is 2. The van der Waals surface area contributed by atoms with Crippen molar-refractivity contribution in [1.29, 1.82) is 0 Å². The third-order valence-electron chi connectivity index (χ3n) is 4.34. The number of hydrogen-bond acceptors (Lipinski definition) is 5. The number of nitrogens with one attached hydrogen (secondary N) is 2. The Hall–Kier alpha value is -1.36. The Kier molecular flexibility index (Phi) is 4.02. The Morgan fingerprint density at radius 2 is 2.00 bits per heavy atom. The maximum atomic E-state index is 4.67. The van der Waals surface area contributed by atoms with Crippen LogP contribution in [0.15, 0.2) is 6.07 Å². The summed E-state index contributed by atoms with van der Waals surface area (Å²) in [5.74, 6) is 1.71. The van der Waals surface area contributed by atoms with Gasteiger partial charge in [0, 0.05) is 18.0 Å². The molecule has 0 atom stereocenters.